The van der Waals surface area contributed by atoms with Crippen LogP contribution in [-0.2, 0) is 6.42 Å². The van der Waals surface area contributed by atoms with E-state index in [-0.39, 0.29) is 10.9 Å². The topological polar surface area (TPSA) is 58.9 Å². The molecule has 3 nitrogen and oxygen atoms in total. The summed E-state index contributed by atoms with van der Waals surface area (Å²) in [6.07, 6.45) is 1.96. The fraction of sp³-hybridized carbons (Fsp3) is 0.500. The third-order valence-electron chi connectivity index (χ3n) is 1.81. The quantitative estimate of drug-likeness (QED) is 0.570. The van der Waals surface area contributed by atoms with Crippen LogP contribution >= 0.6 is 11.3 Å². The van der Waals surface area contributed by atoms with Crippen molar-refractivity contribution in [2.75, 3.05) is 0 Å². The van der Waals surface area contributed by atoms with Gasteiger partial charge in [0.1, 0.15) is 0 Å². The zero-order valence-electron chi connectivity index (χ0n) is 5.39. The van der Waals surface area contributed by atoms with E-state index in [2.05, 4.69) is 4.98 Å². The molecule has 0 saturated heterocycles. The van der Waals surface area contributed by atoms with Gasteiger partial charge in [-0.25, -0.2) is 0 Å². The molecule has 10 heavy (non-hydrogen) atoms. The molecule has 3 N–H and O–H groups in total. The molecule has 1 atom stereocenters. The van der Waals surface area contributed by atoms with Crippen LogP contribution in [0, 0.1) is 0 Å². The molecule has 1 aromatic rings. The molecule has 1 aliphatic rings. The fourth-order valence-electron chi connectivity index (χ4n) is 1.29. The minimum Gasteiger partial charge on any atom is -0.323 e. The summed E-state index contributed by atoms with van der Waals surface area (Å²) in [5.74, 6) is 0. The van der Waals surface area contributed by atoms with Crippen molar-refractivity contribution in [2.45, 2.75) is 18.9 Å². The van der Waals surface area contributed by atoms with Crippen molar-refractivity contribution in [3.05, 3.63) is 20.2 Å². The molecule has 0 saturated carbocycles. The first-order valence-electron chi connectivity index (χ1n) is 3.25. The highest BCUT2D eigenvalue weighted by Crippen LogP contribution is 2.28. The van der Waals surface area contributed by atoms with Gasteiger partial charge in [-0.3, -0.25) is 4.79 Å². The largest absolute Gasteiger partial charge is 0.323 e. The summed E-state index contributed by atoms with van der Waals surface area (Å²) >= 11 is 1.29. The summed E-state index contributed by atoms with van der Waals surface area (Å²) in [5, 5.41) is 0. The van der Waals surface area contributed by atoms with Gasteiger partial charge in [-0.15, -0.1) is 0 Å². The number of aromatic amines is 1. The van der Waals surface area contributed by atoms with E-state index in [0.29, 0.717) is 0 Å². The molecule has 0 bridgehead atoms. The minimum atomic E-state index is 0.0279. The Bertz CT molecular complexity index is 301. The van der Waals surface area contributed by atoms with E-state index in [1.807, 2.05) is 0 Å². The molecule has 1 unspecified atom stereocenters. The van der Waals surface area contributed by atoms with Crippen LogP contribution in [0.2, 0.25) is 0 Å². The number of rotatable bonds is 0. The second-order valence-corrected chi connectivity index (χ2v) is 3.56. The van der Waals surface area contributed by atoms with Crippen molar-refractivity contribution in [3.63, 3.8) is 0 Å². The average Bonchev–Trinajstić information content (AvgIpc) is 2.35. The fourth-order valence-corrected chi connectivity index (χ4v) is 2.21. The molecule has 2 rings (SSSR count). The number of nitrogens with two attached hydrogens (primary N) is 1. The van der Waals surface area contributed by atoms with Gasteiger partial charge in [-0.2, -0.15) is 0 Å². The summed E-state index contributed by atoms with van der Waals surface area (Å²) in [5.41, 5.74) is 6.66. The van der Waals surface area contributed by atoms with Crippen molar-refractivity contribution in [3.8, 4) is 0 Å². The minimum absolute atomic E-state index is 0.0279. The number of nitrogens with one attached hydrogen (secondary N) is 1. The van der Waals surface area contributed by atoms with Gasteiger partial charge in [0, 0.05) is 16.6 Å². The monoisotopic (exact) mass is 156 g/mol. The Morgan fingerprint density at radius 2 is 2.50 bits per heavy atom. The van der Waals surface area contributed by atoms with Gasteiger partial charge in [0.05, 0.1) is 0 Å². The maximum Gasteiger partial charge on any atom is 0.304 e. The van der Waals surface area contributed by atoms with Gasteiger partial charge >= 0.3 is 4.87 Å². The molecule has 0 aliphatic heterocycles. The van der Waals surface area contributed by atoms with Gasteiger partial charge in [0.15, 0.2) is 0 Å². The van der Waals surface area contributed by atoms with Crippen molar-refractivity contribution in [1.29, 1.82) is 0 Å². The van der Waals surface area contributed by atoms with Crippen LogP contribution in [0.25, 0.3) is 0 Å². The molecule has 1 heterocycles. The Labute approximate surface area is 61.9 Å². The summed E-state index contributed by atoms with van der Waals surface area (Å²) in [6, 6.07) is 0.0777. The molecular weight excluding hydrogens is 148 g/mol. The molecular formula is C6H8N2OS. The second kappa shape index (κ2) is 1.93. The first-order chi connectivity index (χ1) is 4.77. The zero-order chi connectivity index (χ0) is 7.14. The van der Waals surface area contributed by atoms with E-state index in [9.17, 15) is 4.79 Å². The van der Waals surface area contributed by atoms with Crippen molar-refractivity contribution >= 4 is 11.3 Å². The molecule has 0 spiro atoms. The van der Waals surface area contributed by atoms with E-state index in [0.717, 1.165) is 23.4 Å². The highest BCUT2D eigenvalue weighted by atomic mass is 32.1. The molecule has 1 aromatic heterocycles. The number of aromatic nitrogens is 1. The third-order valence-corrected chi connectivity index (χ3v) is 2.76. The Morgan fingerprint density at radius 3 is 3.20 bits per heavy atom. The Hall–Kier alpha value is -0.610. The van der Waals surface area contributed by atoms with Crippen LogP contribution in [0.15, 0.2) is 4.79 Å². The molecule has 54 valence electrons. The third kappa shape index (κ3) is 0.726. The summed E-state index contributed by atoms with van der Waals surface area (Å²) in [7, 11) is 0. The van der Waals surface area contributed by atoms with E-state index >= 15 is 0 Å². The van der Waals surface area contributed by atoms with Crippen LogP contribution < -0.4 is 10.6 Å². The lowest BCUT2D eigenvalue weighted by atomic mass is 10.3. The molecule has 0 aromatic carbocycles. The number of fused-ring (bicyclic) bond motifs is 1. The van der Waals surface area contributed by atoms with Gasteiger partial charge in [0.2, 0.25) is 0 Å². The number of hydrogen-bond acceptors (Lipinski definition) is 3. The smallest absolute Gasteiger partial charge is 0.304 e. The normalized spacial score (nSPS) is 23.1. The first-order valence-corrected chi connectivity index (χ1v) is 4.06. The van der Waals surface area contributed by atoms with E-state index in [4.69, 9.17) is 5.73 Å². The summed E-state index contributed by atoms with van der Waals surface area (Å²) in [6.45, 7) is 0. The second-order valence-electron chi connectivity index (χ2n) is 2.50. The standard InChI is InChI=1S/C6H8N2OS/c7-3-1-2-4-5(3)8-6(9)10-4/h3H,1-2,7H2,(H,8,9). The Balaban J connectivity index is 2.59. The maximum atomic E-state index is 10.8. The Morgan fingerprint density at radius 1 is 1.70 bits per heavy atom. The van der Waals surface area contributed by atoms with Crippen LogP contribution in [0.4, 0.5) is 0 Å². The van der Waals surface area contributed by atoms with Gasteiger partial charge in [-0.05, 0) is 12.8 Å². The number of thiazole rings is 1. The first kappa shape index (κ1) is 6.12. The van der Waals surface area contributed by atoms with Crippen LogP contribution in [0.1, 0.15) is 23.0 Å². The van der Waals surface area contributed by atoms with E-state index in [1.54, 1.807) is 0 Å². The lowest BCUT2D eigenvalue weighted by molar-refractivity contribution is 0.696. The van der Waals surface area contributed by atoms with E-state index < -0.39 is 0 Å². The molecule has 4 heteroatoms. The highest BCUT2D eigenvalue weighted by molar-refractivity contribution is 7.09. The molecule has 0 amide bonds. The summed E-state index contributed by atoms with van der Waals surface area (Å²) < 4.78 is 0. The molecule has 1 aliphatic carbocycles. The van der Waals surface area contributed by atoms with Crippen molar-refractivity contribution in [1.82, 2.24) is 4.98 Å². The van der Waals surface area contributed by atoms with Crippen LogP contribution in [-0.4, -0.2) is 4.98 Å². The highest BCUT2D eigenvalue weighted by Gasteiger charge is 2.21. The number of aryl methyl sites for hydroxylation is 1. The summed E-state index contributed by atoms with van der Waals surface area (Å²) in [4.78, 5) is 14.7. The maximum absolute atomic E-state index is 10.8. The van der Waals surface area contributed by atoms with E-state index in [1.165, 1.54) is 11.3 Å². The lowest BCUT2D eigenvalue weighted by Gasteiger charge is -1.96. The van der Waals surface area contributed by atoms with Crippen LogP contribution in [0.5, 0.6) is 0 Å². The van der Waals surface area contributed by atoms with Gasteiger partial charge < -0.3 is 10.7 Å². The predicted octanol–water partition coefficient (Wildman–Crippen LogP) is 0.382. The number of H-pyrrole nitrogens is 1. The average molecular weight is 156 g/mol. The zero-order valence-corrected chi connectivity index (χ0v) is 6.20. The van der Waals surface area contributed by atoms with Gasteiger partial charge in [0.25, 0.3) is 0 Å². The Kier molecular flexibility index (Phi) is 1.18. The van der Waals surface area contributed by atoms with Gasteiger partial charge in [-0.1, -0.05) is 11.3 Å². The SMILES string of the molecule is NC1CCc2sc(=O)[nH]c21. The number of hydrogen-bond donors (Lipinski definition) is 2. The molecule has 0 radical (unpaired) electrons. The van der Waals surface area contributed by atoms with Crippen molar-refractivity contribution in [2.24, 2.45) is 5.73 Å². The lowest BCUT2D eigenvalue weighted by Crippen LogP contribution is -2.08. The van der Waals surface area contributed by atoms with Crippen molar-refractivity contribution < 1.29 is 0 Å². The molecule has 0 fully saturated rings. The van der Waals surface area contributed by atoms with Crippen LogP contribution in [0.3, 0.4) is 0 Å². The predicted molar refractivity (Wildman–Crippen MR) is 40.2 cm³/mol.